The molecule has 1 aromatic heterocycles. The molecular formula is C17H19N5O3S. The topological polar surface area (TPSA) is 97.8 Å². The minimum Gasteiger partial charge on any atom is -0.324 e. The summed E-state index contributed by atoms with van der Waals surface area (Å²) in [5.41, 5.74) is -0.555. The highest BCUT2D eigenvalue weighted by atomic mass is 32.2. The number of fused-ring (bicyclic) bond motifs is 1. The molecule has 1 aliphatic heterocycles. The van der Waals surface area contributed by atoms with Crippen molar-refractivity contribution in [1.29, 1.82) is 0 Å². The van der Waals surface area contributed by atoms with Crippen LogP contribution in [0.2, 0.25) is 0 Å². The number of hydrogen-bond donors (Lipinski definition) is 1. The zero-order valence-electron chi connectivity index (χ0n) is 14.5. The predicted molar refractivity (Wildman–Crippen MR) is 98.8 cm³/mol. The molecule has 9 heteroatoms. The fourth-order valence-electron chi connectivity index (χ4n) is 2.67. The van der Waals surface area contributed by atoms with Crippen LogP contribution in [0.4, 0.5) is 5.82 Å². The fraction of sp³-hybridized carbons (Fsp3) is 0.353. The number of azo groups is 1. The monoisotopic (exact) mass is 373 g/mol. The van der Waals surface area contributed by atoms with Crippen LogP contribution >= 0.6 is 11.8 Å². The molecule has 1 N–H and O–H groups in total. The smallest absolute Gasteiger partial charge is 0.324 e. The SMILES string of the molecule is CCCn1c(=O)c2c(n(Cc3ccccc3)c1=O)N=NC(NC(C)=O)S2. The van der Waals surface area contributed by atoms with Crippen LogP contribution in [0.15, 0.2) is 55.0 Å². The van der Waals surface area contributed by atoms with Gasteiger partial charge in [-0.2, -0.15) is 0 Å². The summed E-state index contributed by atoms with van der Waals surface area (Å²) in [4.78, 5) is 37.2. The van der Waals surface area contributed by atoms with Gasteiger partial charge in [0.1, 0.15) is 4.90 Å². The third kappa shape index (κ3) is 3.62. The quantitative estimate of drug-likeness (QED) is 0.867. The zero-order chi connectivity index (χ0) is 18.7. The standard InChI is InChI=1S/C17H19N5O3S/c1-3-9-21-15(24)13-14(19-20-16(26-13)18-11(2)23)22(17(21)25)10-12-7-5-4-6-8-12/h4-8,16H,3,9-10H2,1-2H3,(H,18,23). The highest BCUT2D eigenvalue weighted by molar-refractivity contribution is 8.00. The van der Waals surface area contributed by atoms with Crippen molar-refractivity contribution in [3.63, 3.8) is 0 Å². The average molecular weight is 373 g/mol. The highest BCUT2D eigenvalue weighted by Crippen LogP contribution is 2.33. The van der Waals surface area contributed by atoms with E-state index < -0.39 is 16.7 Å². The lowest BCUT2D eigenvalue weighted by Gasteiger charge is -2.21. The third-order valence-electron chi connectivity index (χ3n) is 3.80. The molecule has 0 spiro atoms. The lowest BCUT2D eigenvalue weighted by molar-refractivity contribution is -0.119. The van der Waals surface area contributed by atoms with Crippen molar-refractivity contribution in [3.8, 4) is 0 Å². The summed E-state index contributed by atoms with van der Waals surface area (Å²) in [6, 6.07) is 9.48. The molecule has 0 aliphatic carbocycles. The number of carbonyl (C=O) groups is 1. The van der Waals surface area contributed by atoms with Gasteiger partial charge < -0.3 is 5.32 Å². The van der Waals surface area contributed by atoms with Crippen LogP contribution in [0.5, 0.6) is 0 Å². The molecule has 1 atom stereocenters. The van der Waals surface area contributed by atoms with E-state index in [0.717, 1.165) is 17.3 Å². The van der Waals surface area contributed by atoms with E-state index >= 15 is 0 Å². The number of rotatable bonds is 5. The third-order valence-corrected chi connectivity index (χ3v) is 4.83. The van der Waals surface area contributed by atoms with Crippen molar-refractivity contribution in [2.75, 3.05) is 0 Å². The van der Waals surface area contributed by atoms with Gasteiger partial charge in [-0.05, 0) is 12.0 Å². The van der Waals surface area contributed by atoms with Gasteiger partial charge in [0, 0.05) is 13.5 Å². The Morgan fingerprint density at radius 1 is 1.23 bits per heavy atom. The van der Waals surface area contributed by atoms with Crippen LogP contribution in [0.1, 0.15) is 25.8 Å². The van der Waals surface area contributed by atoms with Crippen molar-refractivity contribution >= 4 is 23.5 Å². The fourth-order valence-corrected chi connectivity index (χ4v) is 3.68. The van der Waals surface area contributed by atoms with Crippen LogP contribution in [-0.2, 0) is 17.9 Å². The number of hydrogen-bond acceptors (Lipinski definition) is 6. The van der Waals surface area contributed by atoms with Crippen molar-refractivity contribution in [2.45, 2.75) is 43.8 Å². The lowest BCUT2D eigenvalue weighted by atomic mass is 10.2. The maximum Gasteiger partial charge on any atom is 0.333 e. The first-order valence-corrected chi connectivity index (χ1v) is 9.15. The molecule has 26 heavy (non-hydrogen) atoms. The molecule has 0 saturated carbocycles. The van der Waals surface area contributed by atoms with Crippen molar-refractivity contribution in [3.05, 3.63) is 56.7 Å². The summed E-state index contributed by atoms with van der Waals surface area (Å²) in [5, 5.41) is 10.7. The summed E-state index contributed by atoms with van der Waals surface area (Å²) < 4.78 is 2.68. The largest absolute Gasteiger partial charge is 0.333 e. The molecule has 2 heterocycles. The Morgan fingerprint density at radius 3 is 2.62 bits per heavy atom. The molecule has 1 aliphatic rings. The van der Waals surface area contributed by atoms with E-state index in [9.17, 15) is 14.4 Å². The van der Waals surface area contributed by atoms with E-state index in [1.807, 2.05) is 37.3 Å². The van der Waals surface area contributed by atoms with Gasteiger partial charge in [0.25, 0.3) is 5.56 Å². The van der Waals surface area contributed by atoms with E-state index in [-0.39, 0.29) is 18.3 Å². The van der Waals surface area contributed by atoms with Gasteiger partial charge in [-0.25, -0.2) is 4.79 Å². The summed E-state index contributed by atoms with van der Waals surface area (Å²) in [6.45, 7) is 3.88. The van der Waals surface area contributed by atoms with Gasteiger partial charge in [0.05, 0.1) is 6.54 Å². The summed E-state index contributed by atoms with van der Waals surface area (Å²) in [7, 11) is 0. The van der Waals surface area contributed by atoms with Gasteiger partial charge in [-0.15, -0.1) is 10.2 Å². The lowest BCUT2D eigenvalue weighted by Crippen LogP contribution is -2.42. The van der Waals surface area contributed by atoms with Gasteiger partial charge >= 0.3 is 5.69 Å². The van der Waals surface area contributed by atoms with E-state index in [1.165, 1.54) is 16.1 Å². The maximum absolute atomic E-state index is 12.9. The Balaban J connectivity index is 2.13. The molecule has 0 radical (unpaired) electrons. The predicted octanol–water partition coefficient (Wildman–Crippen LogP) is 2.08. The highest BCUT2D eigenvalue weighted by Gasteiger charge is 2.26. The Morgan fingerprint density at radius 2 is 1.96 bits per heavy atom. The van der Waals surface area contributed by atoms with Crippen LogP contribution < -0.4 is 16.6 Å². The molecule has 1 amide bonds. The molecule has 2 aromatic rings. The summed E-state index contributed by atoms with van der Waals surface area (Å²) in [6.07, 6.45) is 0.653. The van der Waals surface area contributed by atoms with Gasteiger partial charge in [-0.1, -0.05) is 49.0 Å². The number of nitrogens with one attached hydrogen (secondary N) is 1. The number of thioether (sulfide) groups is 1. The number of amides is 1. The van der Waals surface area contributed by atoms with Crippen LogP contribution in [0.3, 0.4) is 0 Å². The Hall–Kier alpha value is -2.68. The molecule has 1 unspecified atom stereocenters. The second-order valence-corrected chi connectivity index (χ2v) is 6.94. The van der Waals surface area contributed by atoms with Gasteiger partial charge in [-0.3, -0.25) is 18.7 Å². The molecule has 0 fully saturated rings. The van der Waals surface area contributed by atoms with E-state index in [1.54, 1.807) is 0 Å². The van der Waals surface area contributed by atoms with Gasteiger partial charge in [0.15, 0.2) is 11.3 Å². The van der Waals surface area contributed by atoms with Crippen LogP contribution in [-0.4, -0.2) is 20.5 Å². The molecule has 3 rings (SSSR count). The maximum atomic E-state index is 12.9. The number of nitrogens with zero attached hydrogens (tertiary/aromatic N) is 4. The van der Waals surface area contributed by atoms with E-state index in [2.05, 4.69) is 15.5 Å². The Bertz CT molecular complexity index is 965. The van der Waals surface area contributed by atoms with Crippen LogP contribution in [0.25, 0.3) is 0 Å². The number of carbonyl (C=O) groups excluding carboxylic acids is 1. The average Bonchev–Trinajstić information content (AvgIpc) is 2.63. The van der Waals surface area contributed by atoms with Gasteiger partial charge in [0.2, 0.25) is 5.91 Å². The van der Waals surface area contributed by atoms with Crippen LogP contribution in [0, 0.1) is 0 Å². The first-order valence-electron chi connectivity index (χ1n) is 8.27. The molecule has 136 valence electrons. The van der Waals surface area contributed by atoms with Crippen molar-refractivity contribution in [2.24, 2.45) is 10.2 Å². The Kier molecular flexibility index (Phi) is 5.36. The minimum atomic E-state index is -0.676. The first kappa shape index (κ1) is 18.1. The first-order chi connectivity index (χ1) is 12.5. The second-order valence-electron chi connectivity index (χ2n) is 5.85. The molecule has 1 aromatic carbocycles. The normalized spacial score (nSPS) is 15.5. The number of aromatic nitrogens is 2. The zero-order valence-corrected chi connectivity index (χ0v) is 15.3. The van der Waals surface area contributed by atoms with E-state index in [4.69, 9.17) is 0 Å². The van der Waals surface area contributed by atoms with Crippen molar-refractivity contribution in [1.82, 2.24) is 14.5 Å². The molecule has 0 bridgehead atoms. The second kappa shape index (κ2) is 7.69. The summed E-state index contributed by atoms with van der Waals surface area (Å²) >= 11 is 1.10. The number of benzene rings is 1. The minimum absolute atomic E-state index is 0.239. The Labute approximate surface area is 154 Å². The van der Waals surface area contributed by atoms with E-state index in [0.29, 0.717) is 17.9 Å². The summed E-state index contributed by atoms with van der Waals surface area (Å²) in [5.74, 6) is -0.0285. The molecule has 0 saturated heterocycles. The molecular weight excluding hydrogens is 354 g/mol. The van der Waals surface area contributed by atoms with Crippen molar-refractivity contribution < 1.29 is 4.79 Å². The molecule has 8 nitrogen and oxygen atoms in total.